The summed E-state index contributed by atoms with van der Waals surface area (Å²) in [6.45, 7) is 2.44. The molecule has 0 aliphatic heterocycles. The normalized spacial score (nSPS) is 10.2. The number of rotatable bonds is 3. The molecule has 104 valence electrons. The van der Waals surface area contributed by atoms with Crippen LogP contribution in [0.3, 0.4) is 0 Å². The molecule has 0 radical (unpaired) electrons. The molecule has 0 aromatic heterocycles. The van der Waals surface area contributed by atoms with Gasteiger partial charge in [-0.25, -0.2) is 4.39 Å². The molecule has 0 unspecified atom stereocenters. The Morgan fingerprint density at radius 2 is 1.90 bits per heavy atom. The first-order chi connectivity index (χ1) is 9.54. The Morgan fingerprint density at radius 3 is 2.60 bits per heavy atom. The highest BCUT2D eigenvalue weighted by Crippen LogP contribution is 2.14. The van der Waals surface area contributed by atoms with Crippen LogP contribution in [0, 0.1) is 12.7 Å². The minimum atomic E-state index is -0.237. The third-order valence-electron chi connectivity index (χ3n) is 2.85. The first-order valence-corrected chi connectivity index (χ1v) is 7.30. The molecule has 2 N–H and O–H groups in total. The van der Waals surface area contributed by atoms with Crippen LogP contribution >= 0.6 is 28.1 Å². The van der Waals surface area contributed by atoms with E-state index in [1.54, 1.807) is 6.07 Å². The lowest BCUT2D eigenvalue weighted by Crippen LogP contribution is -2.28. The molecule has 2 aromatic carbocycles. The smallest absolute Gasteiger partial charge is 0.171 e. The minimum absolute atomic E-state index is 0.237. The van der Waals surface area contributed by atoms with Gasteiger partial charge in [-0.1, -0.05) is 22.0 Å². The molecule has 5 heteroatoms. The zero-order valence-electron chi connectivity index (χ0n) is 10.9. The van der Waals surface area contributed by atoms with Crippen molar-refractivity contribution in [1.82, 2.24) is 5.32 Å². The fourth-order valence-electron chi connectivity index (χ4n) is 1.71. The average Bonchev–Trinajstić information content (AvgIpc) is 2.42. The van der Waals surface area contributed by atoms with E-state index >= 15 is 0 Å². The van der Waals surface area contributed by atoms with Crippen LogP contribution in [0.15, 0.2) is 46.9 Å². The van der Waals surface area contributed by atoms with E-state index in [4.69, 9.17) is 12.2 Å². The lowest BCUT2D eigenvalue weighted by Gasteiger charge is -2.12. The van der Waals surface area contributed by atoms with Crippen molar-refractivity contribution in [3.05, 3.63) is 63.9 Å². The van der Waals surface area contributed by atoms with Gasteiger partial charge in [0.1, 0.15) is 5.82 Å². The Bertz CT molecular complexity index is 614. The van der Waals surface area contributed by atoms with Crippen LogP contribution in [0.2, 0.25) is 0 Å². The van der Waals surface area contributed by atoms with Gasteiger partial charge in [-0.15, -0.1) is 0 Å². The van der Waals surface area contributed by atoms with Gasteiger partial charge in [0.15, 0.2) is 5.11 Å². The van der Waals surface area contributed by atoms with Crippen LogP contribution in [0.4, 0.5) is 10.1 Å². The Labute approximate surface area is 131 Å². The van der Waals surface area contributed by atoms with Gasteiger partial charge in [0.05, 0.1) is 0 Å². The second kappa shape index (κ2) is 6.81. The van der Waals surface area contributed by atoms with Crippen LogP contribution < -0.4 is 10.6 Å². The fraction of sp³-hybridized carbons (Fsp3) is 0.133. The highest BCUT2D eigenvalue weighted by Gasteiger charge is 2.02. The Hall–Kier alpha value is -1.46. The van der Waals surface area contributed by atoms with Gasteiger partial charge in [0, 0.05) is 16.7 Å². The fourth-order valence-corrected chi connectivity index (χ4v) is 2.17. The summed E-state index contributed by atoms with van der Waals surface area (Å²) in [4.78, 5) is 0. The molecule has 0 fully saturated rings. The number of benzene rings is 2. The molecule has 0 aliphatic carbocycles. The SMILES string of the molecule is Cc1ccc(F)cc1CNC(=S)Nc1ccc(Br)cc1. The van der Waals surface area contributed by atoms with E-state index in [9.17, 15) is 4.39 Å². The van der Waals surface area contributed by atoms with E-state index in [2.05, 4.69) is 26.6 Å². The molecule has 0 heterocycles. The topological polar surface area (TPSA) is 24.1 Å². The van der Waals surface area contributed by atoms with Crippen molar-refractivity contribution in [3.8, 4) is 0 Å². The lowest BCUT2D eigenvalue weighted by molar-refractivity contribution is 0.624. The second-order valence-electron chi connectivity index (χ2n) is 4.39. The minimum Gasteiger partial charge on any atom is -0.358 e. The molecular formula is C15H14BrFN2S. The van der Waals surface area contributed by atoms with Crippen molar-refractivity contribution in [1.29, 1.82) is 0 Å². The predicted octanol–water partition coefficient (Wildman–Crippen LogP) is 4.38. The molecule has 0 aliphatic rings. The summed E-state index contributed by atoms with van der Waals surface area (Å²) < 4.78 is 14.2. The highest BCUT2D eigenvalue weighted by molar-refractivity contribution is 9.10. The molecule has 2 nitrogen and oxygen atoms in total. The standard InChI is InChI=1S/C15H14BrFN2S/c1-10-2-5-13(17)8-11(10)9-18-15(20)19-14-6-3-12(16)4-7-14/h2-8H,9H2,1H3,(H2,18,19,20). The van der Waals surface area contributed by atoms with Gasteiger partial charge in [0.2, 0.25) is 0 Å². The largest absolute Gasteiger partial charge is 0.358 e. The van der Waals surface area contributed by atoms with E-state index in [0.717, 1.165) is 21.3 Å². The molecule has 0 atom stereocenters. The number of hydrogen-bond acceptors (Lipinski definition) is 1. The second-order valence-corrected chi connectivity index (χ2v) is 5.71. The molecule has 0 amide bonds. The highest BCUT2D eigenvalue weighted by atomic mass is 79.9. The Kier molecular flexibility index (Phi) is 5.09. The molecule has 0 saturated heterocycles. The summed E-state index contributed by atoms with van der Waals surface area (Å²) in [5.74, 6) is -0.237. The van der Waals surface area contributed by atoms with Crippen LogP contribution in [0.25, 0.3) is 0 Å². The van der Waals surface area contributed by atoms with Gasteiger partial charge >= 0.3 is 0 Å². The molecule has 0 spiro atoms. The monoisotopic (exact) mass is 352 g/mol. The Morgan fingerprint density at radius 1 is 1.20 bits per heavy atom. The molecule has 2 aromatic rings. The number of aryl methyl sites for hydroxylation is 1. The molecular weight excluding hydrogens is 339 g/mol. The van der Waals surface area contributed by atoms with Crippen LogP contribution in [0.1, 0.15) is 11.1 Å². The van der Waals surface area contributed by atoms with Gasteiger partial charge in [-0.2, -0.15) is 0 Å². The predicted molar refractivity (Wildman–Crippen MR) is 88.3 cm³/mol. The van der Waals surface area contributed by atoms with E-state index in [-0.39, 0.29) is 5.82 Å². The van der Waals surface area contributed by atoms with Crippen LogP contribution in [-0.2, 0) is 6.54 Å². The van der Waals surface area contributed by atoms with Crippen molar-refractivity contribution < 1.29 is 4.39 Å². The van der Waals surface area contributed by atoms with Gasteiger partial charge < -0.3 is 10.6 Å². The quantitative estimate of drug-likeness (QED) is 0.801. The third kappa shape index (κ3) is 4.28. The molecule has 2 rings (SSSR count). The van der Waals surface area contributed by atoms with E-state index in [0.29, 0.717) is 11.7 Å². The van der Waals surface area contributed by atoms with Crippen molar-refractivity contribution in [2.24, 2.45) is 0 Å². The zero-order valence-corrected chi connectivity index (χ0v) is 13.3. The number of thiocarbonyl (C=S) groups is 1. The van der Waals surface area contributed by atoms with E-state index in [1.807, 2.05) is 31.2 Å². The van der Waals surface area contributed by atoms with Gasteiger partial charge in [0.25, 0.3) is 0 Å². The van der Waals surface area contributed by atoms with Crippen LogP contribution in [0.5, 0.6) is 0 Å². The lowest BCUT2D eigenvalue weighted by atomic mass is 10.1. The molecule has 0 bridgehead atoms. The number of halogens is 2. The third-order valence-corrected chi connectivity index (χ3v) is 3.63. The summed E-state index contributed by atoms with van der Waals surface area (Å²) in [5, 5.41) is 6.66. The maximum absolute atomic E-state index is 13.2. The molecule has 0 saturated carbocycles. The summed E-state index contributed by atoms with van der Waals surface area (Å²) in [6, 6.07) is 12.4. The van der Waals surface area contributed by atoms with Crippen molar-refractivity contribution in [2.75, 3.05) is 5.32 Å². The maximum Gasteiger partial charge on any atom is 0.171 e. The van der Waals surface area contributed by atoms with Crippen molar-refractivity contribution >= 4 is 38.9 Å². The van der Waals surface area contributed by atoms with E-state index in [1.165, 1.54) is 12.1 Å². The first-order valence-electron chi connectivity index (χ1n) is 6.10. The number of anilines is 1. The first kappa shape index (κ1) is 14.9. The summed E-state index contributed by atoms with van der Waals surface area (Å²) in [7, 11) is 0. The summed E-state index contributed by atoms with van der Waals surface area (Å²) in [6.07, 6.45) is 0. The maximum atomic E-state index is 13.2. The van der Waals surface area contributed by atoms with Gasteiger partial charge in [-0.05, 0) is 66.7 Å². The van der Waals surface area contributed by atoms with E-state index < -0.39 is 0 Å². The van der Waals surface area contributed by atoms with Crippen molar-refractivity contribution in [2.45, 2.75) is 13.5 Å². The number of hydrogen-bond donors (Lipinski definition) is 2. The summed E-state index contributed by atoms with van der Waals surface area (Å²) >= 11 is 8.59. The van der Waals surface area contributed by atoms with Crippen LogP contribution in [-0.4, -0.2) is 5.11 Å². The average molecular weight is 353 g/mol. The number of nitrogens with one attached hydrogen (secondary N) is 2. The molecule has 20 heavy (non-hydrogen) atoms. The summed E-state index contributed by atoms with van der Waals surface area (Å²) in [5.41, 5.74) is 2.83. The van der Waals surface area contributed by atoms with Crippen molar-refractivity contribution in [3.63, 3.8) is 0 Å². The zero-order chi connectivity index (χ0) is 14.5. The van der Waals surface area contributed by atoms with Gasteiger partial charge in [-0.3, -0.25) is 0 Å². The Balaban J connectivity index is 1.92.